The van der Waals surface area contributed by atoms with E-state index in [9.17, 15) is 0 Å². The molecule has 1 saturated heterocycles. The fraction of sp³-hybridized carbons (Fsp3) is 0.500. The zero-order valence-electron chi connectivity index (χ0n) is 11.4. The number of nitrogens with zero attached hydrogens (tertiary/aromatic N) is 4. The monoisotopic (exact) mass is 257 g/mol. The van der Waals surface area contributed by atoms with Crippen LogP contribution in [0, 0.1) is 13.8 Å². The average Bonchev–Trinajstić information content (AvgIpc) is 3.03. The molecule has 0 radical (unpaired) electrons. The Morgan fingerprint density at radius 3 is 3.00 bits per heavy atom. The third-order valence-electron chi connectivity index (χ3n) is 3.65. The van der Waals surface area contributed by atoms with Crippen LogP contribution in [-0.2, 0) is 6.54 Å². The predicted molar refractivity (Wildman–Crippen MR) is 72.8 cm³/mol. The summed E-state index contributed by atoms with van der Waals surface area (Å²) in [5, 5.41) is 16.2. The maximum absolute atomic E-state index is 4.48. The van der Waals surface area contributed by atoms with Crippen LogP contribution in [-0.4, -0.2) is 26.8 Å². The minimum Gasteiger partial charge on any atom is -0.307 e. The molecule has 0 amide bonds. The Bertz CT molecular complexity index is 569. The van der Waals surface area contributed by atoms with Gasteiger partial charge in [0.15, 0.2) is 5.82 Å². The zero-order valence-corrected chi connectivity index (χ0v) is 11.4. The largest absolute Gasteiger partial charge is 0.307 e. The van der Waals surface area contributed by atoms with Crippen molar-refractivity contribution >= 4 is 0 Å². The second kappa shape index (κ2) is 5.09. The lowest BCUT2D eigenvalue weighted by Gasteiger charge is -2.06. The molecule has 1 aromatic heterocycles. The van der Waals surface area contributed by atoms with Crippen molar-refractivity contribution in [2.75, 3.05) is 6.54 Å². The summed E-state index contributed by atoms with van der Waals surface area (Å²) in [7, 11) is 0. The van der Waals surface area contributed by atoms with Gasteiger partial charge in [-0.2, -0.15) is 4.80 Å². The van der Waals surface area contributed by atoms with Gasteiger partial charge in [0.05, 0.1) is 12.6 Å². The highest BCUT2D eigenvalue weighted by atomic mass is 15.6. The van der Waals surface area contributed by atoms with Crippen LogP contribution in [0.4, 0.5) is 0 Å². The zero-order chi connectivity index (χ0) is 13.2. The Labute approximate surface area is 113 Å². The number of aromatic nitrogens is 4. The lowest BCUT2D eigenvalue weighted by atomic mass is 10.1. The molecule has 1 aliphatic heterocycles. The van der Waals surface area contributed by atoms with E-state index in [2.05, 4.69) is 52.8 Å². The first-order chi connectivity index (χ1) is 9.22. The first-order valence-electron chi connectivity index (χ1n) is 6.79. The Morgan fingerprint density at radius 2 is 2.26 bits per heavy atom. The van der Waals surface area contributed by atoms with Gasteiger partial charge in [0.1, 0.15) is 0 Å². The van der Waals surface area contributed by atoms with E-state index in [1.165, 1.54) is 23.1 Å². The molecule has 2 aromatic rings. The number of tetrazole rings is 1. The van der Waals surface area contributed by atoms with Gasteiger partial charge >= 0.3 is 0 Å². The molecule has 0 bridgehead atoms. The van der Waals surface area contributed by atoms with Crippen molar-refractivity contribution < 1.29 is 0 Å². The molecule has 2 heterocycles. The number of benzene rings is 1. The van der Waals surface area contributed by atoms with E-state index >= 15 is 0 Å². The highest BCUT2D eigenvalue weighted by Gasteiger charge is 2.20. The van der Waals surface area contributed by atoms with Crippen molar-refractivity contribution in [3.05, 3.63) is 40.7 Å². The molecule has 1 fully saturated rings. The Morgan fingerprint density at radius 1 is 1.37 bits per heavy atom. The molecular weight excluding hydrogens is 238 g/mol. The summed E-state index contributed by atoms with van der Waals surface area (Å²) in [5.41, 5.74) is 3.80. The van der Waals surface area contributed by atoms with E-state index in [0.29, 0.717) is 6.54 Å². The lowest BCUT2D eigenvalue weighted by Crippen LogP contribution is -2.15. The van der Waals surface area contributed by atoms with Crippen LogP contribution in [0.2, 0.25) is 0 Å². The highest BCUT2D eigenvalue weighted by molar-refractivity contribution is 5.30. The molecule has 3 rings (SSSR count). The van der Waals surface area contributed by atoms with Crippen LogP contribution < -0.4 is 5.32 Å². The van der Waals surface area contributed by atoms with Gasteiger partial charge in [0.25, 0.3) is 0 Å². The molecule has 100 valence electrons. The van der Waals surface area contributed by atoms with Gasteiger partial charge in [-0.3, -0.25) is 0 Å². The second-order valence-electron chi connectivity index (χ2n) is 5.26. The van der Waals surface area contributed by atoms with Crippen LogP contribution in [0.15, 0.2) is 18.2 Å². The summed E-state index contributed by atoms with van der Waals surface area (Å²) in [6.07, 6.45) is 2.30. The molecule has 5 nitrogen and oxygen atoms in total. The van der Waals surface area contributed by atoms with Gasteiger partial charge in [-0.25, -0.2) is 0 Å². The predicted octanol–water partition coefficient (Wildman–Crippen LogP) is 1.76. The SMILES string of the molecule is Cc1ccc(Cn2nnc(C3CCCN3)n2)c(C)c1. The molecule has 0 aliphatic carbocycles. The molecule has 1 N–H and O–H groups in total. The summed E-state index contributed by atoms with van der Waals surface area (Å²) >= 11 is 0. The van der Waals surface area contributed by atoms with E-state index in [0.717, 1.165) is 18.8 Å². The van der Waals surface area contributed by atoms with Crippen molar-refractivity contribution in [2.45, 2.75) is 39.3 Å². The van der Waals surface area contributed by atoms with Crippen LogP contribution in [0.3, 0.4) is 0 Å². The Hall–Kier alpha value is -1.75. The van der Waals surface area contributed by atoms with Crippen molar-refractivity contribution in [2.24, 2.45) is 0 Å². The first kappa shape index (κ1) is 12.3. The summed E-state index contributed by atoms with van der Waals surface area (Å²) in [4.78, 5) is 1.69. The fourth-order valence-corrected chi connectivity index (χ4v) is 2.54. The van der Waals surface area contributed by atoms with Crippen LogP contribution >= 0.6 is 0 Å². The van der Waals surface area contributed by atoms with Gasteiger partial charge in [0, 0.05) is 0 Å². The molecule has 5 heteroatoms. The maximum Gasteiger partial charge on any atom is 0.191 e. The molecule has 0 saturated carbocycles. The van der Waals surface area contributed by atoms with Crippen LogP contribution in [0.25, 0.3) is 0 Å². The smallest absolute Gasteiger partial charge is 0.191 e. The molecular formula is C14H19N5. The van der Waals surface area contributed by atoms with E-state index in [-0.39, 0.29) is 6.04 Å². The lowest BCUT2D eigenvalue weighted by molar-refractivity contribution is 0.556. The highest BCUT2D eigenvalue weighted by Crippen LogP contribution is 2.19. The van der Waals surface area contributed by atoms with E-state index in [1.807, 2.05) is 0 Å². The van der Waals surface area contributed by atoms with Crippen molar-refractivity contribution in [3.8, 4) is 0 Å². The number of hydrogen-bond donors (Lipinski definition) is 1. The third kappa shape index (κ3) is 2.66. The summed E-state index contributed by atoms with van der Waals surface area (Å²) in [5.74, 6) is 0.822. The number of aryl methyl sites for hydroxylation is 2. The van der Waals surface area contributed by atoms with Gasteiger partial charge in [-0.05, 0) is 49.6 Å². The Kier molecular flexibility index (Phi) is 3.29. The number of hydrogen-bond acceptors (Lipinski definition) is 4. The number of nitrogens with one attached hydrogen (secondary N) is 1. The Balaban J connectivity index is 1.76. The first-order valence-corrected chi connectivity index (χ1v) is 6.79. The minimum atomic E-state index is 0.285. The topological polar surface area (TPSA) is 55.6 Å². The van der Waals surface area contributed by atoms with Crippen LogP contribution in [0.5, 0.6) is 0 Å². The average molecular weight is 257 g/mol. The van der Waals surface area contributed by atoms with Gasteiger partial charge in [-0.1, -0.05) is 23.8 Å². The normalized spacial score (nSPS) is 18.9. The standard InChI is InChI=1S/C14H19N5/c1-10-5-6-12(11(2)8-10)9-19-17-14(16-18-19)13-4-3-7-15-13/h5-6,8,13,15H,3-4,7,9H2,1-2H3. The van der Waals surface area contributed by atoms with Crippen LogP contribution in [0.1, 0.15) is 41.4 Å². The maximum atomic E-state index is 4.48. The molecule has 1 aliphatic rings. The minimum absolute atomic E-state index is 0.285. The van der Waals surface area contributed by atoms with Crippen molar-refractivity contribution in [3.63, 3.8) is 0 Å². The quantitative estimate of drug-likeness (QED) is 0.910. The fourth-order valence-electron chi connectivity index (χ4n) is 2.54. The molecule has 19 heavy (non-hydrogen) atoms. The van der Waals surface area contributed by atoms with E-state index in [4.69, 9.17) is 0 Å². The van der Waals surface area contributed by atoms with Crippen molar-refractivity contribution in [1.82, 2.24) is 25.5 Å². The van der Waals surface area contributed by atoms with E-state index in [1.54, 1.807) is 4.80 Å². The molecule has 1 unspecified atom stereocenters. The molecule has 1 atom stereocenters. The summed E-state index contributed by atoms with van der Waals surface area (Å²) < 4.78 is 0. The molecule has 1 aromatic carbocycles. The van der Waals surface area contributed by atoms with Crippen molar-refractivity contribution in [1.29, 1.82) is 0 Å². The van der Waals surface area contributed by atoms with Gasteiger partial charge in [0.2, 0.25) is 0 Å². The second-order valence-corrected chi connectivity index (χ2v) is 5.26. The molecule has 0 spiro atoms. The summed E-state index contributed by atoms with van der Waals surface area (Å²) in [6.45, 7) is 5.97. The summed E-state index contributed by atoms with van der Waals surface area (Å²) in [6, 6.07) is 6.74. The number of rotatable bonds is 3. The van der Waals surface area contributed by atoms with E-state index < -0.39 is 0 Å². The van der Waals surface area contributed by atoms with Gasteiger partial charge < -0.3 is 5.32 Å². The van der Waals surface area contributed by atoms with Gasteiger partial charge in [-0.15, -0.1) is 10.2 Å². The third-order valence-corrected chi connectivity index (χ3v) is 3.65.